The zero-order chi connectivity index (χ0) is 16.1. The molecule has 0 atom stereocenters. The number of benzene rings is 2. The Hall–Kier alpha value is -2.20. The number of ether oxygens (including phenoxy) is 2. The Kier molecular flexibility index (Phi) is 5.03. The molecule has 0 fully saturated rings. The Balaban J connectivity index is 1.40. The maximum Gasteiger partial charge on any atom is 0.224 e. The Labute approximate surface area is 140 Å². The maximum atomic E-state index is 12.0. The van der Waals surface area contributed by atoms with Crippen molar-refractivity contribution in [3.8, 4) is 11.5 Å². The monoisotopic (exact) mass is 331 g/mol. The van der Waals surface area contributed by atoms with E-state index in [0.717, 1.165) is 30.1 Å². The lowest BCUT2D eigenvalue weighted by Crippen LogP contribution is -2.29. The van der Waals surface area contributed by atoms with Gasteiger partial charge in [0.05, 0.1) is 19.6 Å². The Morgan fingerprint density at radius 2 is 2.04 bits per heavy atom. The fourth-order valence-corrected chi connectivity index (χ4v) is 2.61. The summed E-state index contributed by atoms with van der Waals surface area (Å²) in [5.74, 6) is 1.66. The van der Waals surface area contributed by atoms with Crippen LogP contribution in [0.5, 0.6) is 11.5 Å². The van der Waals surface area contributed by atoms with Gasteiger partial charge in [-0.2, -0.15) is 0 Å². The van der Waals surface area contributed by atoms with Gasteiger partial charge in [-0.05, 0) is 41.5 Å². The third kappa shape index (κ3) is 4.39. The number of hydrogen-bond acceptors (Lipinski definition) is 3. The highest BCUT2D eigenvalue weighted by Crippen LogP contribution is 2.25. The molecule has 0 bridgehead atoms. The first-order valence-corrected chi connectivity index (χ1v) is 7.98. The Bertz CT molecular complexity index is 685. The zero-order valence-electron chi connectivity index (χ0n) is 12.7. The summed E-state index contributed by atoms with van der Waals surface area (Å²) < 4.78 is 11.0. The van der Waals surface area contributed by atoms with Gasteiger partial charge < -0.3 is 14.8 Å². The molecule has 1 heterocycles. The number of carbonyl (C=O) groups is 1. The van der Waals surface area contributed by atoms with Crippen molar-refractivity contribution in [1.82, 2.24) is 5.32 Å². The molecule has 1 aliphatic rings. The highest BCUT2D eigenvalue weighted by molar-refractivity contribution is 6.30. The second-order valence-electron chi connectivity index (χ2n) is 5.37. The first kappa shape index (κ1) is 15.7. The lowest BCUT2D eigenvalue weighted by molar-refractivity contribution is -0.120. The van der Waals surface area contributed by atoms with Crippen LogP contribution in [0.25, 0.3) is 0 Å². The van der Waals surface area contributed by atoms with E-state index in [2.05, 4.69) is 5.32 Å². The fraction of sp³-hybridized carbons (Fsp3) is 0.278. The lowest BCUT2D eigenvalue weighted by Gasteiger charge is -2.08. The van der Waals surface area contributed by atoms with Crippen LogP contribution in [0.3, 0.4) is 0 Å². The minimum absolute atomic E-state index is 0.0106. The van der Waals surface area contributed by atoms with Gasteiger partial charge in [-0.15, -0.1) is 0 Å². The van der Waals surface area contributed by atoms with Gasteiger partial charge in [-0.3, -0.25) is 4.79 Å². The minimum atomic E-state index is -0.0106. The summed E-state index contributed by atoms with van der Waals surface area (Å²) >= 11 is 5.81. The van der Waals surface area contributed by atoms with Crippen LogP contribution in [0.1, 0.15) is 11.1 Å². The van der Waals surface area contributed by atoms with E-state index in [4.69, 9.17) is 21.1 Å². The van der Waals surface area contributed by atoms with E-state index in [1.165, 1.54) is 5.56 Å². The molecule has 23 heavy (non-hydrogen) atoms. The highest BCUT2D eigenvalue weighted by Gasteiger charge is 2.13. The van der Waals surface area contributed by atoms with Crippen LogP contribution in [0, 0.1) is 0 Å². The van der Waals surface area contributed by atoms with Gasteiger partial charge in [0.1, 0.15) is 18.1 Å². The van der Waals surface area contributed by atoms with Gasteiger partial charge in [0, 0.05) is 11.4 Å². The van der Waals surface area contributed by atoms with Crippen molar-refractivity contribution in [2.24, 2.45) is 0 Å². The number of rotatable bonds is 6. The number of fused-ring (bicyclic) bond motifs is 1. The fourth-order valence-electron chi connectivity index (χ4n) is 2.49. The first-order chi connectivity index (χ1) is 11.2. The molecule has 2 aromatic carbocycles. The van der Waals surface area contributed by atoms with Crippen molar-refractivity contribution < 1.29 is 14.3 Å². The second kappa shape index (κ2) is 7.38. The van der Waals surface area contributed by atoms with Crippen LogP contribution >= 0.6 is 11.6 Å². The molecule has 0 spiro atoms. The van der Waals surface area contributed by atoms with Crippen LogP contribution in [0.15, 0.2) is 42.5 Å². The third-order valence-electron chi connectivity index (χ3n) is 3.63. The molecule has 5 heteroatoms. The second-order valence-corrected chi connectivity index (χ2v) is 5.81. The molecular weight excluding hydrogens is 314 g/mol. The average molecular weight is 332 g/mol. The van der Waals surface area contributed by atoms with E-state index in [1.54, 1.807) is 24.3 Å². The van der Waals surface area contributed by atoms with Gasteiger partial charge in [0.2, 0.25) is 5.91 Å². The lowest BCUT2D eigenvalue weighted by atomic mass is 10.1. The molecule has 0 saturated carbocycles. The molecule has 1 amide bonds. The van der Waals surface area contributed by atoms with E-state index < -0.39 is 0 Å². The summed E-state index contributed by atoms with van der Waals surface area (Å²) in [5.41, 5.74) is 2.19. The van der Waals surface area contributed by atoms with Crippen LogP contribution in [-0.2, 0) is 17.6 Å². The van der Waals surface area contributed by atoms with Crippen LogP contribution in [0.2, 0.25) is 5.02 Å². The number of nitrogens with one attached hydrogen (secondary N) is 1. The molecule has 0 radical (unpaired) electrons. The predicted octanol–water partition coefficient (Wildman–Crippen LogP) is 3.01. The van der Waals surface area contributed by atoms with Crippen LogP contribution in [0.4, 0.5) is 0 Å². The van der Waals surface area contributed by atoms with Crippen molar-refractivity contribution in [2.75, 3.05) is 19.8 Å². The quantitative estimate of drug-likeness (QED) is 0.828. The van der Waals surface area contributed by atoms with E-state index in [0.29, 0.717) is 24.6 Å². The molecule has 0 aromatic heterocycles. The van der Waals surface area contributed by atoms with Gasteiger partial charge in [0.15, 0.2) is 0 Å². The summed E-state index contributed by atoms with van der Waals surface area (Å²) in [6.07, 6.45) is 1.29. The van der Waals surface area contributed by atoms with Crippen molar-refractivity contribution in [3.05, 3.63) is 58.6 Å². The maximum absolute atomic E-state index is 12.0. The molecule has 1 N–H and O–H groups in total. The van der Waals surface area contributed by atoms with Crippen LogP contribution < -0.4 is 14.8 Å². The van der Waals surface area contributed by atoms with E-state index in [-0.39, 0.29) is 5.91 Å². The zero-order valence-corrected chi connectivity index (χ0v) is 13.4. The summed E-state index contributed by atoms with van der Waals surface area (Å²) in [5, 5.41) is 3.53. The molecule has 120 valence electrons. The number of carbonyl (C=O) groups excluding carboxylic acids is 1. The molecule has 2 aromatic rings. The largest absolute Gasteiger partial charge is 0.493 e. The average Bonchev–Trinajstić information content (AvgIpc) is 3.01. The molecular formula is C18H18ClNO3. The SMILES string of the molecule is O=C(Cc1ccc2c(c1)CCO2)NCCOc1ccc(Cl)cc1. The van der Waals surface area contributed by atoms with Crippen molar-refractivity contribution in [3.63, 3.8) is 0 Å². The predicted molar refractivity (Wildman–Crippen MR) is 89.3 cm³/mol. The van der Waals surface area contributed by atoms with Gasteiger partial charge >= 0.3 is 0 Å². The molecule has 0 aliphatic carbocycles. The van der Waals surface area contributed by atoms with E-state index in [9.17, 15) is 4.79 Å². The standard InChI is InChI=1S/C18H18ClNO3/c19-15-2-4-16(5-3-15)22-10-8-20-18(21)12-13-1-6-17-14(11-13)7-9-23-17/h1-6,11H,7-10,12H2,(H,20,21). The summed E-state index contributed by atoms with van der Waals surface area (Å²) in [6.45, 7) is 1.62. The van der Waals surface area contributed by atoms with E-state index in [1.807, 2.05) is 18.2 Å². The third-order valence-corrected chi connectivity index (χ3v) is 3.88. The summed E-state index contributed by atoms with van der Waals surface area (Å²) in [6, 6.07) is 13.1. The molecule has 4 nitrogen and oxygen atoms in total. The minimum Gasteiger partial charge on any atom is -0.493 e. The number of hydrogen-bond donors (Lipinski definition) is 1. The Morgan fingerprint density at radius 3 is 2.87 bits per heavy atom. The summed E-state index contributed by atoms with van der Waals surface area (Å²) in [7, 11) is 0. The number of amides is 1. The van der Waals surface area contributed by atoms with Crippen molar-refractivity contribution >= 4 is 17.5 Å². The van der Waals surface area contributed by atoms with Crippen molar-refractivity contribution in [1.29, 1.82) is 0 Å². The molecule has 0 saturated heterocycles. The highest BCUT2D eigenvalue weighted by atomic mass is 35.5. The van der Waals surface area contributed by atoms with Crippen LogP contribution in [-0.4, -0.2) is 25.7 Å². The van der Waals surface area contributed by atoms with Gasteiger partial charge in [0.25, 0.3) is 0 Å². The normalized spacial score (nSPS) is 12.4. The molecule has 3 rings (SSSR count). The topological polar surface area (TPSA) is 47.6 Å². The van der Waals surface area contributed by atoms with Gasteiger partial charge in [-0.1, -0.05) is 23.7 Å². The van der Waals surface area contributed by atoms with Crippen molar-refractivity contribution in [2.45, 2.75) is 12.8 Å². The summed E-state index contributed by atoms with van der Waals surface area (Å²) in [4.78, 5) is 12.0. The number of halogens is 1. The molecule has 1 aliphatic heterocycles. The molecule has 0 unspecified atom stereocenters. The van der Waals surface area contributed by atoms with E-state index >= 15 is 0 Å². The first-order valence-electron chi connectivity index (χ1n) is 7.60. The Morgan fingerprint density at radius 1 is 1.22 bits per heavy atom. The van der Waals surface area contributed by atoms with Gasteiger partial charge in [-0.25, -0.2) is 0 Å². The smallest absolute Gasteiger partial charge is 0.224 e.